The van der Waals surface area contributed by atoms with Crippen LogP contribution in [0.15, 0.2) is 46.8 Å². The second-order valence-electron chi connectivity index (χ2n) is 8.79. The van der Waals surface area contributed by atoms with E-state index in [-0.39, 0.29) is 18.3 Å². The molecule has 0 bridgehead atoms. The summed E-state index contributed by atoms with van der Waals surface area (Å²) in [6.07, 6.45) is 1.39. The number of nitrogens with one attached hydrogen (secondary N) is 1. The molecule has 1 aliphatic heterocycles. The molecule has 0 unspecified atom stereocenters. The standard InChI is InChI=1S/C27H35NO6S/c1-6-12-33-19-10-8-18(9-11-19)23-22(27(31)34-13-14-35-7-2)17(4)28-20-15-16(3)21(26(30)32-5)25(29)24(20)23/h8-11,16,21,23,28H,6-7,12-15H2,1-5H3/t16-,21-,23-/m1/s1. The summed E-state index contributed by atoms with van der Waals surface area (Å²) >= 11 is 1.69. The summed E-state index contributed by atoms with van der Waals surface area (Å²) < 4.78 is 16.3. The Hall–Kier alpha value is -2.74. The Kier molecular flexibility index (Phi) is 9.43. The summed E-state index contributed by atoms with van der Waals surface area (Å²) in [6, 6.07) is 7.43. The smallest absolute Gasteiger partial charge is 0.336 e. The summed E-state index contributed by atoms with van der Waals surface area (Å²) in [7, 11) is 1.29. The molecule has 3 rings (SSSR count). The summed E-state index contributed by atoms with van der Waals surface area (Å²) in [6.45, 7) is 8.67. The molecule has 0 saturated heterocycles. The lowest BCUT2D eigenvalue weighted by Crippen LogP contribution is -2.43. The summed E-state index contributed by atoms with van der Waals surface area (Å²) in [5.74, 6) is -0.752. The number of Topliss-reactive ketones (excluding diaryl/α,β-unsaturated/α-hetero) is 1. The van der Waals surface area contributed by atoms with Gasteiger partial charge in [-0.05, 0) is 49.1 Å². The minimum absolute atomic E-state index is 0.223. The molecule has 1 N–H and O–H groups in total. The zero-order valence-electron chi connectivity index (χ0n) is 21.1. The van der Waals surface area contributed by atoms with Gasteiger partial charge in [-0.25, -0.2) is 4.79 Å². The number of methoxy groups -OCH3 is 1. The molecule has 190 valence electrons. The average Bonchev–Trinajstić information content (AvgIpc) is 2.84. The van der Waals surface area contributed by atoms with E-state index in [4.69, 9.17) is 14.2 Å². The van der Waals surface area contributed by atoms with E-state index >= 15 is 0 Å². The predicted octanol–water partition coefficient (Wildman–Crippen LogP) is 4.38. The first-order chi connectivity index (χ1) is 16.8. The molecule has 0 fully saturated rings. The number of ether oxygens (including phenoxy) is 3. The minimum atomic E-state index is -0.910. The fraction of sp³-hybridized carbons (Fsp3) is 0.519. The van der Waals surface area contributed by atoms with Crippen LogP contribution in [-0.4, -0.2) is 49.6 Å². The highest BCUT2D eigenvalue weighted by atomic mass is 32.2. The van der Waals surface area contributed by atoms with Crippen molar-refractivity contribution in [2.24, 2.45) is 11.8 Å². The van der Waals surface area contributed by atoms with Gasteiger partial charge in [-0.2, -0.15) is 11.8 Å². The lowest BCUT2D eigenvalue weighted by molar-refractivity contribution is -0.151. The van der Waals surface area contributed by atoms with Crippen LogP contribution >= 0.6 is 11.8 Å². The number of carbonyl (C=O) groups excluding carboxylic acids is 3. The SMILES string of the molecule is CCCOc1ccc([C@@H]2C(C(=O)OCCSCC)=C(C)NC3=C2C(=O)[C@H](C(=O)OC)[C@H](C)C3)cc1. The van der Waals surface area contributed by atoms with Gasteiger partial charge in [0.15, 0.2) is 5.78 Å². The second-order valence-corrected chi connectivity index (χ2v) is 10.2. The first kappa shape index (κ1) is 26.9. The second kappa shape index (κ2) is 12.3. The van der Waals surface area contributed by atoms with Gasteiger partial charge in [0, 0.05) is 28.6 Å². The molecular formula is C27H35NO6S. The Balaban J connectivity index is 2.04. The summed E-state index contributed by atoms with van der Waals surface area (Å²) in [5.41, 5.74) is 2.99. The molecule has 2 aliphatic rings. The number of rotatable bonds is 10. The fourth-order valence-corrected chi connectivity index (χ4v) is 5.17. The van der Waals surface area contributed by atoms with E-state index in [0.717, 1.165) is 29.2 Å². The normalized spacial score (nSPS) is 21.9. The molecule has 35 heavy (non-hydrogen) atoms. The van der Waals surface area contributed by atoms with E-state index < -0.39 is 23.8 Å². The van der Waals surface area contributed by atoms with Crippen LogP contribution in [0.25, 0.3) is 0 Å². The van der Waals surface area contributed by atoms with Crippen molar-refractivity contribution in [3.63, 3.8) is 0 Å². The maximum atomic E-state index is 13.7. The zero-order valence-corrected chi connectivity index (χ0v) is 22.0. The largest absolute Gasteiger partial charge is 0.494 e. The van der Waals surface area contributed by atoms with Crippen molar-refractivity contribution in [3.05, 3.63) is 52.4 Å². The molecule has 1 aromatic carbocycles. The van der Waals surface area contributed by atoms with Crippen molar-refractivity contribution in [2.75, 3.05) is 31.8 Å². The van der Waals surface area contributed by atoms with Gasteiger partial charge in [0.25, 0.3) is 0 Å². The molecule has 8 heteroatoms. The van der Waals surface area contributed by atoms with Crippen LogP contribution in [0.1, 0.15) is 52.0 Å². The van der Waals surface area contributed by atoms with Crippen LogP contribution in [0.3, 0.4) is 0 Å². The Labute approximate surface area is 211 Å². The maximum absolute atomic E-state index is 13.7. The Morgan fingerprint density at radius 2 is 1.86 bits per heavy atom. The molecule has 1 aromatic rings. The lowest BCUT2D eigenvalue weighted by atomic mass is 9.69. The molecule has 7 nitrogen and oxygen atoms in total. The van der Waals surface area contributed by atoms with Gasteiger partial charge >= 0.3 is 11.9 Å². The molecule has 1 heterocycles. The number of dihydropyridines is 1. The van der Waals surface area contributed by atoms with E-state index in [9.17, 15) is 14.4 Å². The molecule has 0 radical (unpaired) electrons. The van der Waals surface area contributed by atoms with Crippen molar-refractivity contribution >= 4 is 29.5 Å². The van der Waals surface area contributed by atoms with Gasteiger partial charge in [-0.1, -0.05) is 32.9 Å². The van der Waals surface area contributed by atoms with E-state index in [2.05, 4.69) is 12.2 Å². The predicted molar refractivity (Wildman–Crippen MR) is 136 cm³/mol. The third-order valence-corrected chi connectivity index (χ3v) is 7.18. The number of hydrogen-bond donors (Lipinski definition) is 1. The van der Waals surface area contributed by atoms with E-state index in [0.29, 0.717) is 35.6 Å². The van der Waals surface area contributed by atoms with Crippen LogP contribution in [0.2, 0.25) is 0 Å². The molecule has 0 saturated carbocycles. The number of ketones is 1. The van der Waals surface area contributed by atoms with Gasteiger partial charge in [0.1, 0.15) is 18.3 Å². The molecule has 0 spiro atoms. The van der Waals surface area contributed by atoms with E-state index in [1.807, 2.05) is 45.0 Å². The van der Waals surface area contributed by atoms with Crippen molar-refractivity contribution < 1.29 is 28.6 Å². The molecular weight excluding hydrogens is 466 g/mol. The van der Waals surface area contributed by atoms with Crippen LogP contribution in [0.4, 0.5) is 0 Å². The number of carbonyl (C=O) groups is 3. The fourth-order valence-electron chi connectivity index (χ4n) is 4.68. The Morgan fingerprint density at radius 3 is 2.49 bits per heavy atom. The average molecular weight is 502 g/mol. The minimum Gasteiger partial charge on any atom is -0.494 e. The third-order valence-electron chi connectivity index (χ3n) is 6.31. The molecule has 1 aliphatic carbocycles. The van der Waals surface area contributed by atoms with Crippen LogP contribution in [-0.2, 0) is 23.9 Å². The summed E-state index contributed by atoms with van der Waals surface area (Å²) in [5, 5.41) is 3.28. The number of hydrogen-bond acceptors (Lipinski definition) is 8. The number of thioether (sulfide) groups is 1. The van der Waals surface area contributed by atoms with Crippen molar-refractivity contribution in [1.29, 1.82) is 0 Å². The van der Waals surface area contributed by atoms with Gasteiger partial charge in [-0.3, -0.25) is 9.59 Å². The highest BCUT2D eigenvalue weighted by Crippen LogP contribution is 2.45. The highest BCUT2D eigenvalue weighted by Gasteiger charge is 2.47. The highest BCUT2D eigenvalue weighted by molar-refractivity contribution is 7.99. The van der Waals surface area contributed by atoms with Gasteiger partial charge < -0.3 is 19.5 Å². The van der Waals surface area contributed by atoms with Crippen molar-refractivity contribution in [1.82, 2.24) is 5.32 Å². The lowest BCUT2D eigenvalue weighted by Gasteiger charge is -2.38. The number of esters is 2. The van der Waals surface area contributed by atoms with E-state index in [1.54, 1.807) is 11.8 Å². The van der Waals surface area contributed by atoms with Gasteiger partial charge in [0.2, 0.25) is 0 Å². The molecule has 3 atom stereocenters. The molecule has 0 aromatic heterocycles. The van der Waals surface area contributed by atoms with Gasteiger partial charge in [0.05, 0.1) is 19.3 Å². The van der Waals surface area contributed by atoms with Gasteiger partial charge in [-0.15, -0.1) is 0 Å². The van der Waals surface area contributed by atoms with Crippen LogP contribution < -0.4 is 10.1 Å². The van der Waals surface area contributed by atoms with Crippen molar-refractivity contribution in [2.45, 2.75) is 46.5 Å². The first-order valence-electron chi connectivity index (χ1n) is 12.1. The number of allylic oxidation sites excluding steroid dienone is 3. The number of benzene rings is 1. The quantitative estimate of drug-likeness (QED) is 0.287. The van der Waals surface area contributed by atoms with Crippen LogP contribution in [0.5, 0.6) is 5.75 Å². The van der Waals surface area contributed by atoms with Crippen LogP contribution in [0, 0.1) is 11.8 Å². The van der Waals surface area contributed by atoms with E-state index in [1.165, 1.54) is 7.11 Å². The zero-order chi connectivity index (χ0) is 25.5. The first-order valence-corrected chi connectivity index (χ1v) is 13.3. The third kappa shape index (κ3) is 5.92. The Morgan fingerprint density at radius 1 is 1.14 bits per heavy atom. The monoisotopic (exact) mass is 501 g/mol. The summed E-state index contributed by atoms with van der Waals surface area (Å²) in [4.78, 5) is 39.6. The maximum Gasteiger partial charge on any atom is 0.336 e. The topological polar surface area (TPSA) is 90.9 Å². The molecule has 0 amide bonds. The van der Waals surface area contributed by atoms with Crippen molar-refractivity contribution in [3.8, 4) is 5.75 Å². The Bertz CT molecular complexity index is 1010.